The van der Waals surface area contributed by atoms with Crippen molar-refractivity contribution in [3.05, 3.63) is 79.0 Å². The molecule has 3 nitrogen and oxygen atoms in total. The quantitative estimate of drug-likeness (QED) is 0.289. The lowest BCUT2D eigenvalue weighted by atomic mass is 10.1. The number of aromatic nitrogens is 3. The summed E-state index contributed by atoms with van der Waals surface area (Å²) in [5, 5.41) is 4.77. The van der Waals surface area contributed by atoms with Gasteiger partial charge in [-0.3, -0.25) is 9.55 Å². The molecule has 0 aliphatic carbocycles. The van der Waals surface area contributed by atoms with E-state index in [9.17, 15) is 0 Å². The Kier molecular flexibility index (Phi) is 3.03. The van der Waals surface area contributed by atoms with E-state index in [2.05, 4.69) is 65.2 Å². The third kappa shape index (κ3) is 2.11. The molecule has 4 heterocycles. The van der Waals surface area contributed by atoms with Crippen molar-refractivity contribution in [2.75, 3.05) is 0 Å². The minimum Gasteiger partial charge on any atom is -0.283 e. The molecule has 5 heteroatoms. The maximum absolute atomic E-state index is 4.94. The van der Waals surface area contributed by atoms with Crippen LogP contribution in [0.25, 0.3) is 57.5 Å². The molecule has 0 unspecified atom stereocenters. The lowest BCUT2D eigenvalue weighted by molar-refractivity contribution is 1.15. The van der Waals surface area contributed by atoms with E-state index < -0.39 is 0 Å². The molecule has 7 aromatic rings. The van der Waals surface area contributed by atoms with Gasteiger partial charge in [-0.25, -0.2) is 4.98 Å². The molecule has 0 bridgehead atoms. The van der Waals surface area contributed by atoms with Crippen LogP contribution in [0.1, 0.15) is 0 Å². The highest BCUT2D eigenvalue weighted by Gasteiger charge is 2.18. The molecule has 0 spiro atoms. The highest BCUT2D eigenvalue weighted by atomic mass is 32.1. The SMILES string of the molecule is c1ccc2sc(-n3c4cc5sc6ccccc6c5cc4c4ncccc43)nc2c1. The molecule has 29 heavy (non-hydrogen) atoms. The number of benzene rings is 3. The van der Waals surface area contributed by atoms with Crippen LogP contribution in [0.3, 0.4) is 0 Å². The molecule has 0 fully saturated rings. The number of hydrogen-bond donors (Lipinski definition) is 0. The van der Waals surface area contributed by atoms with E-state index in [4.69, 9.17) is 9.97 Å². The van der Waals surface area contributed by atoms with E-state index in [1.54, 1.807) is 11.3 Å². The van der Waals surface area contributed by atoms with Crippen molar-refractivity contribution in [1.82, 2.24) is 14.5 Å². The van der Waals surface area contributed by atoms with Crippen molar-refractivity contribution in [2.45, 2.75) is 0 Å². The summed E-state index contributed by atoms with van der Waals surface area (Å²) >= 11 is 3.57. The topological polar surface area (TPSA) is 30.7 Å². The summed E-state index contributed by atoms with van der Waals surface area (Å²) in [6.45, 7) is 0. The Hall–Kier alpha value is -3.28. The van der Waals surface area contributed by atoms with Crippen molar-refractivity contribution in [3.8, 4) is 5.13 Å². The van der Waals surface area contributed by atoms with Gasteiger partial charge in [0.05, 0.1) is 26.8 Å². The number of nitrogens with zero attached hydrogens (tertiary/aromatic N) is 3. The standard InChI is InChI=1S/C24H13N3S2/c1-3-9-20-14(6-1)15-12-16-19(13-22(15)28-20)27(18-8-5-11-25-23(16)18)24-26-17-7-2-4-10-21(17)29-24/h1-13H. The maximum Gasteiger partial charge on any atom is 0.195 e. The van der Waals surface area contributed by atoms with Gasteiger partial charge in [-0.2, -0.15) is 0 Å². The van der Waals surface area contributed by atoms with Crippen LogP contribution < -0.4 is 0 Å². The Bertz CT molecular complexity index is 1690. The molecule has 0 aliphatic rings. The zero-order valence-corrected chi connectivity index (χ0v) is 16.8. The number of thiophene rings is 1. The Morgan fingerprint density at radius 2 is 1.52 bits per heavy atom. The van der Waals surface area contributed by atoms with Crippen molar-refractivity contribution < 1.29 is 0 Å². The largest absolute Gasteiger partial charge is 0.283 e. The molecule has 0 saturated heterocycles. The van der Waals surface area contributed by atoms with E-state index >= 15 is 0 Å². The molecule has 3 aromatic carbocycles. The molecule has 4 aromatic heterocycles. The van der Waals surface area contributed by atoms with Crippen molar-refractivity contribution in [3.63, 3.8) is 0 Å². The number of rotatable bonds is 1. The first kappa shape index (κ1) is 15.6. The predicted molar refractivity (Wildman–Crippen MR) is 125 cm³/mol. The summed E-state index contributed by atoms with van der Waals surface area (Å²) in [7, 11) is 0. The van der Waals surface area contributed by atoms with Gasteiger partial charge in [-0.1, -0.05) is 41.7 Å². The lowest BCUT2D eigenvalue weighted by Crippen LogP contribution is -1.92. The highest BCUT2D eigenvalue weighted by molar-refractivity contribution is 7.26. The van der Waals surface area contributed by atoms with E-state index in [1.165, 1.54) is 30.3 Å². The van der Waals surface area contributed by atoms with Crippen LogP contribution in [0.4, 0.5) is 0 Å². The molecule has 7 rings (SSSR count). The second-order valence-electron chi connectivity index (χ2n) is 7.13. The molecule has 0 N–H and O–H groups in total. The van der Waals surface area contributed by atoms with Crippen LogP contribution in [0.2, 0.25) is 0 Å². The number of hydrogen-bond acceptors (Lipinski definition) is 4. The molecule has 0 atom stereocenters. The summed E-state index contributed by atoms with van der Waals surface area (Å²) < 4.78 is 6.08. The fourth-order valence-electron chi connectivity index (χ4n) is 4.21. The maximum atomic E-state index is 4.94. The first-order valence-electron chi connectivity index (χ1n) is 9.43. The molecule has 136 valence electrons. The van der Waals surface area contributed by atoms with Crippen molar-refractivity contribution in [1.29, 1.82) is 0 Å². The van der Waals surface area contributed by atoms with E-state index in [0.717, 1.165) is 27.2 Å². The minimum absolute atomic E-state index is 0.986. The third-order valence-corrected chi connectivity index (χ3v) is 7.65. The number of thiazole rings is 1. The lowest BCUT2D eigenvalue weighted by Gasteiger charge is -2.02. The Morgan fingerprint density at radius 1 is 0.655 bits per heavy atom. The van der Waals surface area contributed by atoms with Gasteiger partial charge >= 0.3 is 0 Å². The van der Waals surface area contributed by atoms with E-state index in [0.29, 0.717) is 0 Å². The predicted octanol–water partition coefficient (Wildman–Crippen LogP) is 7.16. The summed E-state index contributed by atoms with van der Waals surface area (Å²) in [6.07, 6.45) is 1.88. The molecule has 0 saturated carbocycles. The van der Waals surface area contributed by atoms with E-state index in [1.807, 2.05) is 29.7 Å². The van der Waals surface area contributed by atoms with Crippen LogP contribution >= 0.6 is 22.7 Å². The smallest absolute Gasteiger partial charge is 0.195 e. The van der Waals surface area contributed by atoms with Crippen LogP contribution in [-0.2, 0) is 0 Å². The average Bonchev–Trinajstić information content (AvgIpc) is 3.43. The van der Waals surface area contributed by atoms with Crippen molar-refractivity contribution in [2.24, 2.45) is 0 Å². The zero-order valence-electron chi connectivity index (χ0n) is 15.2. The first-order chi connectivity index (χ1) is 14.4. The Balaban J connectivity index is 1.67. The Labute approximate surface area is 173 Å². The van der Waals surface area contributed by atoms with Crippen LogP contribution in [0.15, 0.2) is 79.0 Å². The molecular formula is C24H13N3S2. The zero-order chi connectivity index (χ0) is 18.9. The van der Waals surface area contributed by atoms with Crippen LogP contribution in [0.5, 0.6) is 0 Å². The summed E-state index contributed by atoms with van der Waals surface area (Å²) in [5.41, 5.74) is 4.33. The van der Waals surface area contributed by atoms with Gasteiger partial charge in [0.1, 0.15) is 0 Å². The first-order valence-corrected chi connectivity index (χ1v) is 11.1. The minimum atomic E-state index is 0.986. The summed E-state index contributed by atoms with van der Waals surface area (Å²) in [4.78, 5) is 9.68. The van der Waals surface area contributed by atoms with Gasteiger partial charge in [-0.15, -0.1) is 11.3 Å². The second kappa shape index (κ2) is 5.63. The fraction of sp³-hybridized carbons (Fsp3) is 0. The second-order valence-corrected chi connectivity index (χ2v) is 9.23. The fourth-order valence-corrected chi connectivity index (χ4v) is 6.33. The molecule has 0 amide bonds. The van der Waals surface area contributed by atoms with Gasteiger partial charge in [0.2, 0.25) is 0 Å². The molecular weight excluding hydrogens is 394 g/mol. The highest BCUT2D eigenvalue weighted by Crippen LogP contribution is 2.40. The van der Waals surface area contributed by atoms with Crippen molar-refractivity contribution >= 4 is 75.0 Å². The normalized spacial score (nSPS) is 12.1. The average molecular weight is 408 g/mol. The summed E-state index contributed by atoms with van der Waals surface area (Å²) in [5.74, 6) is 0. The number of pyridine rings is 1. The number of para-hydroxylation sites is 1. The van der Waals surface area contributed by atoms with Crippen LogP contribution in [-0.4, -0.2) is 14.5 Å². The summed E-state index contributed by atoms with van der Waals surface area (Å²) in [6, 6.07) is 25.7. The van der Waals surface area contributed by atoms with Gasteiger partial charge in [0.25, 0.3) is 0 Å². The van der Waals surface area contributed by atoms with E-state index in [-0.39, 0.29) is 0 Å². The Morgan fingerprint density at radius 3 is 2.45 bits per heavy atom. The van der Waals surface area contributed by atoms with Gasteiger partial charge in [0.15, 0.2) is 5.13 Å². The van der Waals surface area contributed by atoms with Gasteiger partial charge in [-0.05, 0) is 42.5 Å². The third-order valence-electron chi connectivity index (χ3n) is 5.49. The monoisotopic (exact) mass is 407 g/mol. The van der Waals surface area contributed by atoms with Crippen LogP contribution in [0, 0.1) is 0 Å². The molecule has 0 aliphatic heterocycles. The molecule has 0 radical (unpaired) electrons. The van der Waals surface area contributed by atoms with Gasteiger partial charge in [0, 0.05) is 31.8 Å². The number of fused-ring (bicyclic) bond motifs is 7. The van der Waals surface area contributed by atoms with Gasteiger partial charge < -0.3 is 0 Å².